The monoisotopic (exact) mass is 350 g/mol. The highest BCUT2D eigenvalue weighted by molar-refractivity contribution is 9.08. The number of halogens is 2. The predicted octanol–water partition coefficient (Wildman–Crippen LogP) is 6.12. The van der Waals surface area contributed by atoms with Crippen molar-refractivity contribution < 1.29 is 9.13 Å². The quantitative estimate of drug-likeness (QED) is 0.606. The van der Waals surface area contributed by atoms with Crippen molar-refractivity contribution in [2.75, 3.05) is 0 Å². The molecule has 1 nitrogen and oxygen atoms in total. The molecule has 0 atom stereocenters. The number of rotatable bonds is 3. The van der Waals surface area contributed by atoms with Crippen molar-refractivity contribution in [3.05, 3.63) is 58.9 Å². The second kappa shape index (κ2) is 6.18. The topological polar surface area (TPSA) is 9.23 Å². The van der Waals surface area contributed by atoms with Crippen LogP contribution in [0.4, 0.5) is 4.39 Å². The maximum atomic E-state index is 14.1. The molecule has 21 heavy (non-hydrogen) atoms. The largest absolute Gasteiger partial charge is 0.454 e. The van der Waals surface area contributed by atoms with Gasteiger partial charge in [-0.1, -0.05) is 54.9 Å². The van der Waals surface area contributed by atoms with Crippen molar-refractivity contribution in [1.82, 2.24) is 0 Å². The van der Waals surface area contributed by atoms with E-state index in [-0.39, 0.29) is 17.0 Å². The Balaban J connectivity index is 2.41. The molecular weight excluding hydrogens is 331 g/mol. The molecule has 0 aliphatic heterocycles. The maximum Gasteiger partial charge on any atom is 0.166 e. The fraction of sp³-hybridized carbons (Fsp3) is 0.333. The lowest BCUT2D eigenvalue weighted by atomic mass is 9.86. The van der Waals surface area contributed by atoms with Crippen LogP contribution in [-0.2, 0) is 10.7 Å². The summed E-state index contributed by atoms with van der Waals surface area (Å²) in [6, 6.07) is 11.1. The van der Waals surface area contributed by atoms with E-state index in [2.05, 4.69) is 48.8 Å². The highest BCUT2D eigenvalue weighted by atomic mass is 79.9. The average molecular weight is 351 g/mol. The lowest BCUT2D eigenvalue weighted by Crippen LogP contribution is -2.12. The zero-order valence-corrected chi connectivity index (χ0v) is 14.4. The van der Waals surface area contributed by atoms with Gasteiger partial charge in [-0.25, -0.2) is 4.39 Å². The van der Waals surface area contributed by atoms with Crippen molar-refractivity contribution in [3.63, 3.8) is 0 Å². The molecule has 0 amide bonds. The van der Waals surface area contributed by atoms with Crippen molar-refractivity contribution in [3.8, 4) is 11.5 Å². The lowest BCUT2D eigenvalue weighted by molar-refractivity contribution is 0.424. The molecule has 0 aliphatic carbocycles. The predicted molar refractivity (Wildman–Crippen MR) is 89.0 cm³/mol. The van der Waals surface area contributed by atoms with Gasteiger partial charge < -0.3 is 4.74 Å². The van der Waals surface area contributed by atoms with Crippen LogP contribution in [0.1, 0.15) is 37.5 Å². The molecule has 0 spiro atoms. The van der Waals surface area contributed by atoms with Crippen LogP contribution in [0.25, 0.3) is 0 Å². The molecule has 0 saturated carbocycles. The number of aryl methyl sites for hydroxylation is 1. The lowest BCUT2D eigenvalue weighted by Gasteiger charge is -2.23. The smallest absolute Gasteiger partial charge is 0.166 e. The zero-order valence-electron chi connectivity index (χ0n) is 12.8. The number of benzene rings is 2. The Kier molecular flexibility index (Phi) is 4.72. The van der Waals surface area contributed by atoms with E-state index in [0.717, 1.165) is 16.7 Å². The first-order valence-electron chi connectivity index (χ1n) is 6.94. The fourth-order valence-corrected chi connectivity index (χ4v) is 2.51. The van der Waals surface area contributed by atoms with Crippen molar-refractivity contribution in [2.45, 2.75) is 38.4 Å². The second-order valence-corrected chi connectivity index (χ2v) is 6.81. The summed E-state index contributed by atoms with van der Waals surface area (Å²) in [6.07, 6.45) is 0. The molecule has 0 radical (unpaired) electrons. The van der Waals surface area contributed by atoms with Gasteiger partial charge in [-0.2, -0.15) is 0 Å². The Labute approximate surface area is 134 Å². The minimum atomic E-state index is -0.340. The van der Waals surface area contributed by atoms with Crippen LogP contribution in [-0.4, -0.2) is 0 Å². The summed E-state index contributed by atoms with van der Waals surface area (Å²) in [5, 5.41) is 0.627. The number of alkyl halides is 1. The third-order valence-corrected chi connectivity index (χ3v) is 3.96. The van der Waals surface area contributed by atoms with E-state index in [1.165, 1.54) is 6.07 Å². The Morgan fingerprint density at radius 2 is 1.76 bits per heavy atom. The van der Waals surface area contributed by atoms with E-state index in [9.17, 15) is 4.39 Å². The van der Waals surface area contributed by atoms with E-state index in [1.54, 1.807) is 6.07 Å². The maximum absolute atomic E-state index is 14.1. The molecule has 0 heterocycles. The van der Waals surface area contributed by atoms with Crippen LogP contribution in [0, 0.1) is 12.7 Å². The number of hydrogen-bond donors (Lipinski definition) is 0. The van der Waals surface area contributed by atoms with Crippen molar-refractivity contribution in [1.29, 1.82) is 0 Å². The molecule has 0 fully saturated rings. The zero-order chi connectivity index (χ0) is 15.6. The van der Waals surface area contributed by atoms with E-state index >= 15 is 0 Å². The van der Waals surface area contributed by atoms with Crippen molar-refractivity contribution >= 4 is 15.9 Å². The first-order valence-corrected chi connectivity index (χ1v) is 8.07. The van der Waals surface area contributed by atoms with Gasteiger partial charge in [0.1, 0.15) is 5.75 Å². The van der Waals surface area contributed by atoms with Gasteiger partial charge in [0.2, 0.25) is 0 Å². The average Bonchev–Trinajstić information content (AvgIpc) is 2.39. The van der Waals surface area contributed by atoms with Crippen molar-refractivity contribution in [2.24, 2.45) is 0 Å². The second-order valence-electron chi connectivity index (χ2n) is 6.25. The first-order chi connectivity index (χ1) is 9.81. The molecule has 0 aromatic heterocycles. The molecule has 0 saturated heterocycles. The van der Waals surface area contributed by atoms with Gasteiger partial charge in [0, 0.05) is 10.9 Å². The number of hydrogen-bond acceptors (Lipinski definition) is 1. The molecule has 0 aliphatic rings. The fourth-order valence-electron chi connectivity index (χ4n) is 2.16. The Morgan fingerprint density at radius 3 is 2.33 bits per heavy atom. The minimum absolute atomic E-state index is 0.0602. The van der Waals surface area contributed by atoms with Crippen LogP contribution in [0.15, 0.2) is 36.4 Å². The summed E-state index contributed by atoms with van der Waals surface area (Å²) in [7, 11) is 0. The van der Waals surface area contributed by atoms with Gasteiger partial charge in [0.05, 0.1) is 0 Å². The molecule has 0 N–H and O–H groups in total. The Hall–Kier alpha value is -1.35. The standard InChI is InChI=1S/C18H20BrFO/c1-12-5-7-14(18(2,3)4)17(9-12)21-16-8-6-13(11-19)10-15(16)20/h5-10H,11H2,1-4H3. The summed E-state index contributed by atoms with van der Waals surface area (Å²) in [5.41, 5.74) is 2.99. The highest BCUT2D eigenvalue weighted by Crippen LogP contribution is 2.35. The van der Waals surface area contributed by atoms with Gasteiger partial charge in [-0.05, 0) is 41.7 Å². The van der Waals surface area contributed by atoms with E-state index in [0.29, 0.717) is 11.1 Å². The summed E-state index contributed by atoms with van der Waals surface area (Å²) in [6.45, 7) is 8.36. The Morgan fingerprint density at radius 1 is 1.05 bits per heavy atom. The SMILES string of the molecule is Cc1ccc(C(C)(C)C)c(Oc2ccc(CBr)cc2F)c1. The molecular formula is C18H20BrFO. The third-order valence-electron chi connectivity index (χ3n) is 3.32. The Bertz CT molecular complexity index is 644. The molecule has 2 aromatic rings. The molecule has 0 bridgehead atoms. The van der Waals surface area contributed by atoms with Crippen LogP contribution >= 0.6 is 15.9 Å². The molecule has 2 rings (SSSR count). The van der Waals surface area contributed by atoms with E-state index < -0.39 is 0 Å². The van der Waals surface area contributed by atoms with E-state index in [4.69, 9.17) is 4.74 Å². The summed E-state index contributed by atoms with van der Waals surface area (Å²) in [5.74, 6) is 0.636. The molecule has 3 heteroatoms. The van der Waals surface area contributed by atoms with Gasteiger partial charge in [-0.15, -0.1) is 0 Å². The number of ether oxygens (including phenoxy) is 1. The molecule has 112 valence electrons. The van der Waals surface area contributed by atoms with Gasteiger partial charge in [-0.3, -0.25) is 0 Å². The summed E-state index contributed by atoms with van der Waals surface area (Å²) < 4.78 is 20.0. The molecule has 2 aromatic carbocycles. The first kappa shape index (κ1) is 16.0. The van der Waals surface area contributed by atoms with Gasteiger partial charge in [0.15, 0.2) is 11.6 Å². The third kappa shape index (κ3) is 3.85. The minimum Gasteiger partial charge on any atom is -0.454 e. The van der Waals surface area contributed by atoms with Crippen LogP contribution < -0.4 is 4.74 Å². The summed E-state index contributed by atoms with van der Waals surface area (Å²) in [4.78, 5) is 0. The van der Waals surface area contributed by atoms with Crippen LogP contribution in [0.3, 0.4) is 0 Å². The van der Waals surface area contributed by atoms with Crippen LogP contribution in [0.5, 0.6) is 11.5 Å². The van der Waals surface area contributed by atoms with Gasteiger partial charge >= 0.3 is 0 Å². The molecule has 0 unspecified atom stereocenters. The van der Waals surface area contributed by atoms with Gasteiger partial charge in [0.25, 0.3) is 0 Å². The normalized spacial score (nSPS) is 11.5. The summed E-state index contributed by atoms with van der Waals surface area (Å²) >= 11 is 3.32. The van der Waals surface area contributed by atoms with Crippen LogP contribution in [0.2, 0.25) is 0 Å². The van der Waals surface area contributed by atoms with E-state index in [1.807, 2.05) is 19.1 Å². The highest BCUT2D eigenvalue weighted by Gasteiger charge is 2.20.